The van der Waals surface area contributed by atoms with Gasteiger partial charge in [-0.25, -0.2) is 9.97 Å². The molecule has 1 saturated heterocycles. The predicted molar refractivity (Wildman–Crippen MR) is 76.9 cm³/mol. The monoisotopic (exact) mass is 293 g/mol. The lowest BCUT2D eigenvalue weighted by molar-refractivity contribution is -0.135. The summed E-state index contributed by atoms with van der Waals surface area (Å²) in [4.78, 5) is 34.0. The van der Waals surface area contributed by atoms with Gasteiger partial charge in [-0.2, -0.15) is 0 Å². The van der Waals surface area contributed by atoms with Gasteiger partial charge in [0.1, 0.15) is 23.8 Å². The molecule has 1 aliphatic heterocycles. The van der Waals surface area contributed by atoms with Gasteiger partial charge >= 0.3 is 0 Å². The number of carbonyl (C=O) groups excluding carboxylic acids is 2. The van der Waals surface area contributed by atoms with Crippen LogP contribution in [0.5, 0.6) is 0 Å². The molecule has 8 nitrogen and oxygen atoms in total. The van der Waals surface area contributed by atoms with Crippen LogP contribution in [0.15, 0.2) is 6.07 Å². The smallest absolute Gasteiger partial charge is 0.251 e. The zero-order valence-electron chi connectivity index (χ0n) is 12.6. The van der Waals surface area contributed by atoms with Gasteiger partial charge in [0.25, 0.3) is 5.91 Å². The number of ether oxygens (including phenoxy) is 1. The van der Waals surface area contributed by atoms with Crippen molar-refractivity contribution in [3.8, 4) is 0 Å². The Kier molecular flexibility index (Phi) is 4.08. The maximum Gasteiger partial charge on any atom is 0.251 e. The molecule has 1 aromatic heterocycles. The standard InChI is InChI=1S/C13H19N5O3/c1-13(2)12(20)17-11(19)6-18(13)10-5-8(14-3)15-9(16-10)7-21-4/h5H,6-7H2,1-4H3,(H,14,15,16)(H,17,19,20). The first-order valence-corrected chi connectivity index (χ1v) is 6.55. The average Bonchev–Trinajstić information content (AvgIpc) is 2.43. The molecule has 1 aromatic rings. The van der Waals surface area contributed by atoms with Gasteiger partial charge in [0.05, 0.1) is 6.54 Å². The van der Waals surface area contributed by atoms with Crippen molar-refractivity contribution >= 4 is 23.5 Å². The lowest BCUT2D eigenvalue weighted by atomic mass is 9.99. The van der Waals surface area contributed by atoms with E-state index in [-0.39, 0.29) is 25.0 Å². The third kappa shape index (κ3) is 2.94. The highest BCUT2D eigenvalue weighted by Gasteiger charge is 2.41. The van der Waals surface area contributed by atoms with Gasteiger partial charge in [0.2, 0.25) is 5.91 Å². The molecule has 2 heterocycles. The van der Waals surface area contributed by atoms with Crippen molar-refractivity contribution in [3.63, 3.8) is 0 Å². The lowest BCUT2D eigenvalue weighted by Crippen LogP contribution is -2.64. The molecule has 8 heteroatoms. The Hall–Kier alpha value is -2.22. The van der Waals surface area contributed by atoms with Gasteiger partial charge in [0, 0.05) is 20.2 Å². The van der Waals surface area contributed by atoms with Crippen LogP contribution in [0.25, 0.3) is 0 Å². The van der Waals surface area contributed by atoms with Crippen molar-refractivity contribution in [3.05, 3.63) is 11.9 Å². The van der Waals surface area contributed by atoms with Crippen LogP contribution >= 0.6 is 0 Å². The summed E-state index contributed by atoms with van der Waals surface area (Å²) in [5, 5.41) is 5.27. The molecular formula is C13H19N5O3. The summed E-state index contributed by atoms with van der Waals surface area (Å²) in [6.45, 7) is 3.79. The van der Waals surface area contributed by atoms with Crippen molar-refractivity contribution < 1.29 is 14.3 Å². The van der Waals surface area contributed by atoms with E-state index >= 15 is 0 Å². The Morgan fingerprint density at radius 2 is 2.14 bits per heavy atom. The van der Waals surface area contributed by atoms with Crippen LogP contribution in [0.2, 0.25) is 0 Å². The Labute approximate surface area is 122 Å². The average molecular weight is 293 g/mol. The summed E-state index contributed by atoms with van der Waals surface area (Å²) in [5.74, 6) is 0.887. The highest BCUT2D eigenvalue weighted by Crippen LogP contribution is 2.26. The molecule has 0 atom stereocenters. The Morgan fingerprint density at radius 1 is 1.43 bits per heavy atom. The fraction of sp³-hybridized carbons (Fsp3) is 0.538. The van der Waals surface area contributed by atoms with E-state index in [0.29, 0.717) is 17.5 Å². The molecule has 21 heavy (non-hydrogen) atoms. The van der Waals surface area contributed by atoms with Crippen molar-refractivity contribution in [2.24, 2.45) is 0 Å². The second-order valence-corrected chi connectivity index (χ2v) is 5.23. The number of piperazine rings is 1. The topological polar surface area (TPSA) is 96.5 Å². The summed E-state index contributed by atoms with van der Waals surface area (Å²) in [7, 11) is 3.29. The van der Waals surface area contributed by atoms with Crippen LogP contribution in [0, 0.1) is 0 Å². The Bertz CT molecular complexity index is 573. The lowest BCUT2D eigenvalue weighted by Gasteiger charge is -2.41. The summed E-state index contributed by atoms with van der Waals surface area (Å²) >= 11 is 0. The number of amides is 2. The third-order valence-corrected chi connectivity index (χ3v) is 3.35. The van der Waals surface area contributed by atoms with E-state index in [2.05, 4.69) is 20.6 Å². The zero-order chi connectivity index (χ0) is 15.6. The molecule has 2 rings (SSSR count). The largest absolute Gasteiger partial charge is 0.377 e. The number of hydrogen-bond donors (Lipinski definition) is 2. The quantitative estimate of drug-likeness (QED) is 0.749. The number of aromatic nitrogens is 2. The Balaban J connectivity index is 2.45. The number of hydrogen-bond acceptors (Lipinski definition) is 7. The number of rotatable bonds is 4. The minimum absolute atomic E-state index is 0.0608. The van der Waals surface area contributed by atoms with Crippen LogP contribution in [0.1, 0.15) is 19.7 Å². The fourth-order valence-electron chi connectivity index (χ4n) is 2.09. The molecule has 0 aliphatic carbocycles. The fourth-order valence-corrected chi connectivity index (χ4v) is 2.09. The number of carbonyl (C=O) groups is 2. The summed E-state index contributed by atoms with van der Waals surface area (Å²) < 4.78 is 5.05. The highest BCUT2D eigenvalue weighted by molar-refractivity contribution is 6.06. The van der Waals surface area contributed by atoms with Crippen molar-refractivity contribution in [1.82, 2.24) is 15.3 Å². The zero-order valence-corrected chi connectivity index (χ0v) is 12.6. The molecule has 114 valence electrons. The predicted octanol–water partition coefficient (Wildman–Crippen LogP) is -0.0939. The van der Waals surface area contributed by atoms with Crippen LogP contribution in [-0.4, -0.2) is 48.0 Å². The van der Waals surface area contributed by atoms with E-state index in [0.717, 1.165) is 0 Å². The molecule has 0 spiro atoms. The van der Waals surface area contributed by atoms with E-state index in [1.807, 2.05) is 0 Å². The normalized spacial score (nSPS) is 17.6. The minimum Gasteiger partial charge on any atom is -0.377 e. The van der Waals surface area contributed by atoms with E-state index in [1.165, 1.54) is 0 Å². The second kappa shape index (κ2) is 5.65. The van der Waals surface area contributed by atoms with Crippen molar-refractivity contribution in [2.45, 2.75) is 26.0 Å². The first kappa shape index (κ1) is 15.2. The molecule has 0 aromatic carbocycles. The molecule has 0 unspecified atom stereocenters. The van der Waals surface area contributed by atoms with Gasteiger partial charge < -0.3 is 15.0 Å². The molecular weight excluding hydrogens is 274 g/mol. The van der Waals surface area contributed by atoms with Gasteiger partial charge in [-0.15, -0.1) is 0 Å². The maximum absolute atomic E-state index is 12.0. The number of nitrogens with one attached hydrogen (secondary N) is 2. The Morgan fingerprint density at radius 3 is 2.76 bits per heavy atom. The van der Waals surface area contributed by atoms with E-state index in [4.69, 9.17) is 4.74 Å². The summed E-state index contributed by atoms with van der Waals surface area (Å²) in [6, 6.07) is 1.70. The molecule has 0 saturated carbocycles. The van der Waals surface area contributed by atoms with E-state index < -0.39 is 5.54 Å². The summed E-state index contributed by atoms with van der Waals surface area (Å²) in [6.07, 6.45) is 0. The van der Waals surface area contributed by atoms with Crippen LogP contribution in [0.4, 0.5) is 11.6 Å². The van der Waals surface area contributed by atoms with E-state index in [9.17, 15) is 9.59 Å². The van der Waals surface area contributed by atoms with Gasteiger partial charge in [-0.3, -0.25) is 14.9 Å². The number of nitrogens with zero attached hydrogens (tertiary/aromatic N) is 3. The minimum atomic E-state index is -0.877. The van der Waals surface area contributed by atoms with Crippen LogP contribution in [-0.2, 0) is 20.9 Å². The SMILES string of the molecule is CNc1cc(N2CC(=O)NC(=O)C2(C)C)nc(COC)n1. The van der Waals surface area contributed by atoms with Gasteiger partial charge in [0.15, 0.2) is 5.82 Å². The van der Waals surface area contributed by atoms with Crippen molar-refractivity contribution in [2.75, 3.05) is 30.9 Å². The molecule has 0 radical (unpaired) electrons. The van der Waals surface area contributed by atoms with Crippen LogP contribution in [0.3, 0.4) is 0 Å². The number of imide groups is 1. The van der Waals surface area contributed by atoms with Gasteiger partial charge in [-0.05, 0) is 13.8 Å². The number of methoxy groups -OCH3 is 1. The summed E-state index contributed by atoms with van der Waals surface area (Å²) in [5.41, 5.74) is -0.877. The molecule has 1 fully saturated rings. The maximum atomic E-state index is 12.0. The highest BCUT2D eigenvalue weighted by atomic mass is 16.5. The first-order chi connectivity index (χ1) is 9.88. The molecule has 0 bridgehead atoms. The number of anilines is 2. The van der Waals surface area contributed by atoms with Crippen LogP contribution < -0.4 is 15.5 Å². The third-order valence-electron chi connectivity index (χ3n) is 3.35. The second-order valence-electron chi connectivity index (χ2n) is 5.23. The van der Waals surface area contributed by atoms with Gasteiger partial charge in [-0.1, -0.05) is 0 Å². The molecule has 2 amide bonds. The van der Waals surface area contributed by atoms with E-state index in [1.54, 1.807) is 39.0 Å². The molecule has 2 N–H and O–H groups in total. The molecule has 1 aliphatic rings. The van der Waals surface area contributed by atoms with Crippen molar-refractivity contribution in [1.29, 1.82) is 0 Å². The first-order valence-electron chi connectivity index (χ1n) is 6.55.